The number of aromatic nitrogens is 3. The number of Topliss-reactive ketones (excluding diaryl/α,β-unsaturated/α-hetero) is 1. The summed E-state index contributed by atoms with van der Waals surface area (Å²) in [7, 11) is 1.70. The van der Waals surface area contributed by atoms with Gasteiger partial charge in [-0.15, -0.1) is 11.3 Å². The molecule has 0 N–H and O–H groups in total. The third kappa shape index (κ3) is 2.82. The van der Waals surface area contributed by atoms with Crippen molar-refractivity contribution in [1.82, 2.24) is 14.1 Å². The highest BCUT2D eigenvalue weighted by atomic mass is 32.2. The van der Waals surface area contributed by atoms with Gasteiger partial charge in [0.15, 0.2) is 10.9 Å². The highest BCUT2D eigenvalue weighted by Gasteiger charge is 2.17. The zero-order chi connectivity index (χ0) is 17.4. The molecule has 0 saturated heterocycles. The normalized spacial score (nSPS) is 11.3. The Morgan fingerprint density at radius 3 is 2.79 bits per heavy atom. The lowest BCUT2D eigenvalue weighted by molar-refractivity contribution is 0.102. The van der Waals surface area contributed by atoms with Crippen LogP contribution in [0.25, 0.3) is 10.2 Å². The van der Waals surface area contributed by atoms with Gasteiger partial charge in [-0.25, -0.2) is 4.98 Å². The topological polar surface area (TPSA) is 56.9 Å². The largest absolute Gasteiger partial charge is 0.349 e. The third-order valence-electron chi connectivity index (χ3n) is 4.17. The molecule has 3 heterocycles. The number of carbonyl (C=O) groups is 1. The van der Waals surface area contributed by atoms with Crippen LogP contribution in [0, 0.1) is 13.8 Å². The van der Waals surface area contributed by atoms with Crippen LogP contribution in [0.5, 0.6) is 0 Å². The van der Waals surface area contributed by atoms with Crippen molar-refractivity contribution < 1.29 is 4.79 Å². The van der Waals surface area contributed by atoms with Crippen LogP contribution in [-0.2, 0) is 13.6 Å². The molecule has 24 heavy (non-hydrogen) atoms. The molecule has 0 radical (unpaired) electrons. The smallest absolute Gasteiger partial charge is 0.271 e. The second-order valence-corrected chi connectivity index (χ2v) is 7.49. The summed E-state index contributed by atoms with van der Waals surface area (Å²) >= 11 is 2.70. The second kappa shape index (κ2) is 6.57. The Morgan fingerprint density at radius 1 is 1.38 bits per heavy atom. The first-order chi connectivity index (χ1) is 11.4. The molecule has 3 aromatic heterocycles. The molecular weight excluding hydrogens is 342 g/mol. The van der Waals surface area contributed by atoms with Gasteiger partial charge in [-0.1, -0.05) is 11.8 Å². The molecule has 0 aliphatic rings. The van der Waals surface area contributed by atoms with E-state index in [1.807, 2.05) is 31.4 Å². The predicted molar refractivity (Wildman–Crippen MR) is 99.5 cm³/mol. The maximum absolute atomic E-state index is 12.6. The minimum Gasteiger partial charge on any atom is -0.349 e. The van der Waals surface area contributed by atoms with Crippen LogP contribution in [0.2, 0.25) is 0 Å². The van der Waals surface area contributed by atoms with Crippen molar-refractivity contribution in [2.45, 2.75) is 32.5 Å². The molecule has 0 saturated carbocycles. The fraction of sp³-hybridized carbons (Fsp3) is 0.353. The van der Waals surface area contributed by atoms with Gasteiger partial charge in [0.2, 0.25) is 0 Å². The van der Waals surface area contributed by atoms with Crippen molar-refractivity contribution >= 4 is 39.1 Å². The summed E-state index contributed by atoms with van der Waals surface area (Å²) in [6.45, 7) is 6.90. The first-order valence-electron chi connectivity index (χ1n) is 7.71. The van der Waals surface area contributed by atoms with Gasteiger partial charge in [0, 0.05) is 30.5 Å². The molecule has 0 fully saturated rings. The zero-order valence-corrected chi connectivity index (χ0v) is 15.8. The second-order valence-electron chi connectivity index (χ2n) is 5.63. The summed E-state index contributed by atoms with van der Waals surface area (Å²) in [6.07, 6.45) is 0. The summed E-state index contributed by atoms with van der Waals surface area (Å²) in [5, 5.41) is 2.43. The van der Waals surface area contributed by atoms with Gasteiger partial charge >= 0.3 is 0 Å². The van der Waals surface area contributed by atoms with E-state index < -0.39 is 0 Å². The van der Waals surface area contributed by atoms with E-state index in [1.165, 1.54) is 27.7 Å². The van der Waals surface area contributed by atoms with Crippen LogP contribution >= 0.6 is 23.1 Å². The van der Waals surface area contributed by atoms with Gasteiger partial charge in [0.25, 0.3) is 5.56 Å². The van der Waals surface area contributed by atoms with Crippen molar-refractivity contribution in [2.75, 3.05) is 5.75 Å². The third-order valence-corrected chi connectivity index (χ3v) is 6.09. The van der Waals surface area contributed by atoms with E-state index in [0.29, 0.717) is 15.4 Å². The summed E-state index contributed by atoms with van der Waals surface area (Å²) in [4.78, 5) is 29.4. The van der Waals surface area contributed by atoms with Crippen LogP contribution in [0.4, 0.5) is 0 Å². The molecule has 5 nitrogen and oxygen atoms in total. The lowest BCUT2D eigenvalue weighted by atomic mass is 10.2. The zero-order valence-electron chi connectivity index (χ0n) is 14.1. The Bertz CT molecular complexity index is 982. The predicted octanol–water partition coefficient (Wildman–Crippen LogP) is 3.41. The van der Waals surface area contributed by atoms with Gasteiger partial charge in [0.05, 0.1) is 11.3 Å². The van der Waals surface area contributed by atoms with E-state index in [0.717, 1.165) is 23.5 Å². The average Bonchev–Trinajstić information content (AvgIpc) is 3.13. The molecule has 126 valence electrons. The number of hydrogen-bond acceptors (Lipinski definition) is 5. The molecule has 0 unspecified atom stereocenters. The Labute approximate surface area is 148 Å². The van der Waals surface area contributed by atoms with Crippen molar-refractivity contribution in [1.29, 1.82) is 0 Å². The van der Waals surface area contributed by atoms with E-state index in [2.05, 4.69) is 16.5 Å². The SMILES string of the molecule is CCn1c(C)cc(C(=O)CSc2nc3ccsc3c(=O)n2C)c1C. The number of aryl methyl sites for hydroxylation is 1. The molecule has 0 atom stereocenters. The fourth-order valence-corrected chi connectivity index (χ4v) is 4.54. The number of carbonyl (C=O) groups excluding carboxylic acids is 1. The number of ketones is 1. The number of thiophene rings is 1. The first-order valence-corrected chi connectivity index (χ1v) is 9.57. The average molecular weight is 361 g/mol. The van der Waals surface area contributed by atoms with Crippen LogP contribution in [0.1, 0.15) is 28.7 Å². The number of fused-ring (bicyclic) bond motifs is 1. The van der Waals surface area contributed by atoms with Gasteiger partial charge in [0.1, 0.15) is 4.70 Å². The minimum atomic E-state index is -0.0610. The van der Waals surface area contributed by atoms with E-state index in [-0.39, 0.29) is 17.1 Å². The molecule has 3 aromatic rings. The summed E-state index contributed by atoms with van der Waals surface area (Å²) in [5.74, 6) is 0.330. The van der Waals surface area contributed by atoms with Crippen molar-refractivity contribution in [3.05, 3.63) is 44.8 Å². The van der Waals surface area contributed by atoms with Crippen LogP contribution in [-0.4, -0.2) is 25.7 Å². The van der Waals surface area contributed by atoms with Crippen LogP contribution in [0.3, 0.4) is 0 Å². The Morgan fingerprint density at radius 2 is 2.12 bits per heavy atom. The summed E-state index contributed by atoms with van der Waals surface area (Å²) < 4.78 is 4.30. The molecule has 0 bridgehead atoms. The fourth-order valence-electron chi connectivity index (χ4n) is 2.87. The molecule has 0 amide bonds. The van der Waals surface area contributed by atoms with Crippen molar-refractivity contribution in [2.24, 2.45) is 7.05 Å². The van der Waals surface area contributed by atoms with E-state index in [4.69, 9.17) is 0 Å². The van der Waals surface area contributed by atoms with E-state index >= 15 is 0 Å². The molecule has 3 rings (SSSR count). The lowest BCUT2D eigenvalue weighted by Gasteiger charge is -2.07. The van der Waals surface area contributed by atoms with Gasteiger partial charge in [-0.3, -0.25) is 14.2 Å². The van der Waals surface area contributed by atoms with Gasteiger partial charge < -0.3 is 4.57 Å². The maximum atomic E-state index is 12.6. The van der Waals surface area contributed by atoms with Crippen LogP contribution in [0.15, 0.2) is 27.5 Å². The highest BCUT2D eigenvalue weighted by molar-refractivity contribution is 7.99. The van der Waals surface area contributed by atoms with E-state index in [1.54, 1.807) is 7.05 Å². The molecule has 0 aliphatic heterocycles. The molecule has 7 heteroatoms. The van der Waals surface area contributed by atoms with E-state index in [9.17, 15) is 9.59 Å². The number of hydrogen-bond donors (Lipinski definition) is 0. The maximum Gasteiger partial charge on any atom is 0.271 e. The molecule has 0 spiro atoms. The molecule has 0 aliphatic carbocycles. The van der Waals surface area contributed by atoms with Crippen molar-refractivity contribution in [3.8, 4) is 0 Å². The van der Waals surface area contributed by atoms with Crippen LogP contribution < -0.4 is 5.56 Å². The monoisotopic (exact) mass is 361 g/mol. The first kappa shape index (κ1) is 17.0. The van der Waals surface area contributed by atoms with Gasteiger partial charge in [-0.2, -0.15) is 0 Å². The molecule has 0 aromatic carbocycles. The highest BCUT2D eigenvalue weighted by Crippen LogP contribution is 2.22. The Hall–Kier alpha value is -1.86. The number of nitrogens with zero attached hydrogens (tertiary/aromatic N) is 3. The van der Waals surface area contributed by atoms with Gasteiger partial charge in [-0.05, 0) is 38.3 Å². The Balaban J connectivity index is 1.85. The number of thioether (sulfide) groups is 1. The quantitative estimate of drug-likeness (QED) is 0.397. The number of rotatable bonds is 5. The lowest BCUT2D eigenvalue weighted by Crippen LogP contribution is -2.19. The van der Waals surface area contributed by atoms with Crippen molar-refractivity contribution in [3.63, 3.8) is 0 Å². The summed E-state index contributed by atoms with van der Waals surface area (Å²) in [5.41, 5.74) is 3.48. The Kier molecular flexibility index (Phi) is 4.64. The molecular formula is C17H19N3O2S2. The minimum absolute atomic E-state index is 0.0610. The summed E-state index contributed by atoms with van der Waals surface area (Å²) in [6, 6.07) is 3.78. The standard InChI is InChI=1S/C17H19N3O2S2/c1-5-20-10(2)8-12(11(20)3)14(21)9-24-17-18-13-6-7-23-15(13)16(22)19(17)4/h6-8H,5,9H2,1-4H3.